The first-order chi connectivity index (χ1) is 10.4. The molecule has 1 atom stereocenters. The number of hydrogen-bond donors (Lipinski definition) is 1. The van der Waals surface area contributed by atoms with E-state index in [0.717, 1.165) is 4.31 Å². The number of aliphatic hydroxyl groups is 1. The predicted molar refractivity (Wildman–Crippen MR) is 84.5 cm³/mol. The van der Waals surface area contributed by atoms with Crippen LogP contribution in [0.15, 0.2) is 59.5 Å². The van der Waals surface area contributed by atoms with Gasteiger partial charge in [0.25, 0.3) is 0 Å². The molecule has 2 rings (SSSR count). The molecule has 0 aliphatic heterocycles. The zero-order valence-electron chi connectivity index (χ0n) is 12.5. The fraction of sp³-hybridized carbons (Fsp3) is 0.250. The van der Waals surface area contributed by atoms with E-state index in [1.165, 1.54) is 19.2 Å². The maximum absolute atomic E-state index is 12.4. The van der Waals surface area contributed by atoms with E-state index >= 15 is 0 Å². The molecule has 118 valence electrons. The number of para-hydroxylation sites is 1. The largest absolute Gasteiger partial charge is 0.457 e. The topological polar surface area (TPSA) is 66.8 Å². The van der Waals surface area contributed by atoms with Crippen molar-refractivity contribution >= 4 is 10.0 Å². The van der Waals surface area contributed by atoms with Crippen LogP contribution in [0.4, 0.5) is 0 Å². The van der Waals surface area contributed by atoms with E-state index in [2.05, 4.69) is 0 Å². The second-order valence-corrected chi connectivity index (χ2v) is 6.94. The molecule has 0 saturated carbocycles. The molecule has 0 radical (unpaired) electrons. The third kappa shape index (κ3) is 3.65. The minimum absolute atomic E-state index is 0.163. The lowest BCUT2D eigenvalue weighted by Gasteiger charge is -2.22. The van der Waals surface area contributed by atoms with Crippen LogP contribution < -0.4 is 4.74 Å². The van der Waals surface area contributed by atoms with Crippen molar-refractivity contribution in [2.75, 3.05) is 13.7 Å². The van der Waals surface area contributed by atoms with Crippen molar-refractivity contribution in [1.82, 2.24) is 4.31 Å². The summed E-state index contributed by atoms with van der Waals surface area (Å²) in [5.74, 6) is 1.24. The third-order valence-corrected chi connectivity index (χ3v) is 5.35. The Morgan fingerprint density at radius 2 is 1.59 bits per heavy atom. The Morgan fingerprint density at radius 3 is 2.14 bits per heavy atom. The zero-order valence-corrected chi connectivity index (χ0v) is 13.3. The van der Waals surface area contributed by atoms with Gasteiger partial charge in [0.1, 0.15) is 11.5 Å². The fourth-order valence-electron chi connectivity index (χ4n) is 1.82. The van der Waals surface area contributed by atoms with Crippen molar-refractivity contribution in [3.05, 3.63) is 54.6 Å². The van der Waals surface area contributed by atoms with Gasteiger partial charge >= 0.3 is 0 Å². The predicted octanol–water partition coefficient (Wildman–Crippen LogP) is 2.48. The summed E-state index contributed by atoms with van der Waals surface area (Å²) < 4.78 is 31.5. The van der Waals surface area contributed by atoms with E-state index in [-0.39, 0.29) is 11.5 Å². The summed E-state index contributed by atoms with van der Waals surface area (Å²) in [6.07, 6.45) is 0. The van der Waals surface area contributed by atoms with Gasteiger partial charge in [0.05, 0.1) is 11.5 Å². The van der Waals surface area contributed by atoms with Crippen molar-refractivity contribution in [2.45, 2.75) is 17.9 Å². The highest BCUT2D eigenvalue weighted by Gasteiger charge is 2.24. The molecule has 0 unspecified atom stereocenters. The first kappa shape index (κ1) is 16.5. The van der Waals surface area contributed by atoms with Crippen LogP contribution in [0.5, 0.6) is 11.5 Å². The molecule has 0 aliphatic carbocycles. The first-order valence-corrected chi connectivity index (χ1v) is 8.31. The Balaban J connectivity index is 2.18. The van der Waals surface area contributed by atoms with Crippen LogP contribution in [0.25, 0.3) is 0 Å². The minimum Gasteiger partial charge on any atom is -0.457 e. The summed E-state index contributed by atoms with van der Waals surface area (Å²) in [6.45, 7) is 1.41. The standard InChI is InChI=1S/C16H19NO4S/c1-13(12-18)17(2)22(19,20)16-10-8-15(9-11-16)21-14-6-4-3-5-7-14/h3-11,13,18H,12H2,1-2H3/t13-/m1/s1. The second-order valence-electron chi connectivity index (χ2n) is 4.94. The lowest BCUT2D eigenvalue weighted by Crippen LogP contribution is -2.37. The van der Waals surface area contributed by atoms with Gasteiger partial charge < -0.3 is 9.84 Å². The maximum Gasteiger partial charge on any atom is 0.243 e. The van der Waals surface area contributed by atoms with E-state index in [4.69, 9.17) is 9.84 Å². The van der Waals surface area contributed by atoms with Crippen molar-refractivity contribution in [1.29, 1.82) is 0 Å². The van der Waals surface area contributed by atoms with Crippen LogP contribution in [0.3, 0.4) is 0 Å². The van der Waals surface area contributed by atoms with Gasteiger partial charge in [-0.3, -0.25) is 0 Å². The number of hydrogen-bond acceptors (Lipinski definition) is 4. The van der Waals surface area contributed by atoms with Crippen LogP contribution >= 0.6 is 0 Å². The van der Waals surface area contributed by atoms with Gasteiger partial charge in [-0.15, -0.1) is 0 Å². The molecule has 0 spiro atoms. The molecule has 6 heteroatoms. The summed E-state index contributed by atoms with van der Waals surface area (Å²) in [5.41, 5.74) is 0. The normalized spacial score (nSPS) is 13.1. The first-order valence-electron chi connectivity index (χ1n) is 6.87. The molecule has 2 aromatic rings. The van der Waals surface area contributed by atoms with Crippen molar-refractivity contribution in [3.63, 3.8) is 0 Å². The smallest absolute Gasteiger partial charge is 0.243 e. The fourth-order valence-corrected chi connectivity index (χ4v) is 3.18. The van der Waals surface area contributed by atoms with E-state index in [1.54, 1.807) is 19.1 Å². The van der Waals surface area contributed by atoms with Crippen LogP contribution in [0.1, 0.15) is 6.92 Å². The average Bonchev–Trinajstić information content (AvgIpc) is 2.55. The van der Waals surface area contributed by atoms with Crippen LogP contribution in [-0.2, 0) is 10.0 Å². The van der Waals surface area contributed by atoms with E-state index in [9.17, 15) is 8.42 Å². The molecule has 0 aromatic heterocycles. The van der Waals surface area contributed by atoms with Crippen molar-refractivity contribution < 1.29 is 18.3 Å². The number of sulfonamides is 1. The van der Waals surface area contributed by atoms with Crippen LogP contribution in [-0.4, -0.2) is 37.5 Å². The lowest BCUT2D eigenvalue weighted by atomic mass is 10.3. The summed E-state index contributed by atoms with van der Waals surface area (Å²) in [6, 6.07) is 15.0. The number of nitrogens with zero attached hydrogens (tertiary/aromatic N) is 1. The Morgan fingerprint density at radius 1 is 1.05 bits per heavy atom. The molecule has 0 bridgehead atoms. The van der Waals surface area contributed by atoms with Gasteiger partial charge in [0.2, 0.25) is 10.0 Å². The van der Waals surface area contributed by atoms with Gasteiger partial charge in [0.15, 0.2) is 0 Å². The molecule has 0 aliphatic rings. The molecule has 0 amide bonds. The highest BCUT2D eigenvalue weighted by atomic mass is 32.2. The molecule has 0 saturated heterocycles. The van der Waals surface area contributed by atoms with Crippen LogP contribution in [0, 0.1) is 0 Å². The second kappa shape index (κ2) is 6.91. The highest BCUT2D eigenvalue weighted by molar-refractivity contribution is 7.89. The Hall–Kier alpha value is -1.89. The molecule has 0 heterocycles. The number of likely N-dealkylation sites (N-methyl/N-ethyl adjacent to an activating group) is 1. The monoisotopic (exact) mass is 321 g/mol. The Labute approximate surface area is 130 Å². The molecule has 22 heavy (non-hydrogen) atoms. The van der Waals surface area contributed by atoms with Crippen molar-refractivity contribution in [2.24, 2.45) is 0 Å². The zero-order chi connectivity index (χ0) is 16.2. The Bertz CT molecular complexity index is 699. The molecular formula is C16H19NO4S. The molecular weight excluding hydrogens is 302 g/mol. The number of benzene rings is 2. The van der Waals surface area contributed by atoms with Gasteiger partial charge in [-0.05, 0) is 43.3 Å². The summed E-state index contributed by atoms with van der Waals surface area (Å²) in [4.78, 5) is 0.163. The van der Waals surface area contributed by atoms with Gasteiger partial charge in [-0.1, -0.05) is 18.2 Å². The quantitative estimate of drug-likeness (QED) is 0.887. The molecule has 2 aromatic carbocycles. The summed E-state index contributed by atoms with van der Waals surface area (Å²) in [5, 5.41) is 9.10. The van der Waals surface area contributed by atoms with E-state index in [1.807, 2.05) is 30.3 Å². The Kier molecular flexibility index (Phi) is 5.18. The number of ether oxygens (including phenoxy) is 1. The molecule has 5 nitrogen and oxygen atoms in total. The van der Waals surface area contributed by atoms with E-state index in [0.29, 0.717) is 11.5 Å². The summed E-state index contributed by atoms with van der Waals surface area (Å²) >= 11 is 0. The molecule has 0 fully saturated rings. The molecule has 1 N–H and O–H groups in total. The lowest BCUT2D eigenvalue weighted by molar-refractivity contribution is 0.214. The number of rotatable bonds is 6. The minimum atomic E-state index is -3.62. The summed E-state index contributed by atoms with van der Waals surface area (Å²) in [7, 11) is -2.17. The van der Waals surface area contributed by atoms with Gasteiger partial charge in [-0.25, -0.2) is 8.42 Å². The highest BCUT2D eigenvalue weighted by Crippen LogP contribution is 2.24. The number of aliphatic hydroxyl groups excluding tert-OH is 1. The van der Waals surface area contributed by atoms with Crippen LogP contribution in [0.2, 0.25) is 0 Å². The SMILES string of the molecule is C[C@H](CO)N(C)S(=O)(=O)c1ccc(Oc2ccccc2)cc1. The van der Waals surface area contributed by atoms with Gasteiger partial charge in [0, 0.05) is 13.1 Å². The van der Waals surface area contributed by atoms with E-state index < -0.39 is 16.1 Å². The average molecular weight is 321 g/mol. The van der Waals surface area contributed by atoms with Gasteiger partial charge in [-0.2, -0.15) is 4.31 Å². The van der Waals surface area contributed by atoms with Crippen molar-refractivity contribution in [3.8, 4) is 11.5 Å². The maximum atomic E-state index is 12.4. The third-order valence-electron chi connectivity index (χ3n) is 3.36.